The number of likely N-dealkylation sites (tertiary alicyclic amines) is 1. The molecule has 0 aromatic heterocycles. The van der Waals surface area contributed by atoms with Crippen molar-refractivity contribution in [1.29, 1.82) is 0 Å². The summed E-state index contributed by atoms with van der Waals surface area (Å²) in [6.45, 7) is 3.72. The lowest BCUT2D eigenvalue weighted by Crippen LogP contribution is -2.54. The zero-order valence-corrected chi connectivity index (χ0v) is 10.4. The molecule has 2 heterocycles. The van der Waals surface area contributed by atoms with Crippen LogP contribution >= 0.6 is 0 Å². The molecule has 2 rings (SSSR count). The number of nitrogens with two attached hydrogens (primary N) is 1. The van der Waals surface area contributed by atoms with Crippen LogP contribution in [0.2, 0.25) is 0 Å². The summed E-state index contributed by atoms with van der Waals surface area (Å²) >= 11 is 0. The average molecular weight is 242 g/mol. The smallest absolute Gasteiger partial charge is 0.239 e. The van der Waals surface area contributed by atoms with Crippen LogP contribution in [-0.4, -0.2) is 53.4 Å². The molecule has 5 nitrogen and oxygen atoms in total. The number of rotatable bonds is 1. The normalized spacial score (nSPS) is 30.3. The van der Waals surface area contributed by atoms with Crippen molar-refractivity contribution in [3.8, 4) is 0 Å². The van der Waals surface area contributed by atoms with Crippen molar-refractivity contribution < 1.29 is 14.6 Å². The minimum absolute atomic E-state index is 0.0104. The van der Waals surface area contributed by atoms with Gasteiger partial charge in [-0.1, -0.05) is 0 Å². The van der Waals surface area contributed by atoms with Crippen molar-refractivity contribution in [3.63, 3.8) is 0 Å². The number of hydrogen-bond acceptors (Lipinski definition) is 4. The Balaban J connectivity index is 1.91. The van der Waals surface area contributed by atoms with Crippen LogP contribution in [0.1, 0.15) is 32.6 Å². The van der Waals surface area contributed by atoms with E-state index in [0.717, 1.165) is 19.3 Å². The standard InChI is InChI=1S/C12H22N2O3/c1-9(13)11(16)14-5-3-12(4-6-14)8-10(15)2-7-17-12/h9-10,15H,2-8,13H2,1H3/t9-,10+/m0/s1. The molecule has 1 amide bonds. The van der Waals surface area contributed by atoms with Gasteiger partial charge in [-0.3, -0.25) is 4.79 Å². The SMILES string of the molecule is C[C@H](N)C(=O)N1CCC2(CC1)C[C@H](O)CCO2. The van der Waals surface area contributed by atoms with E-state index in [1.54, 1.807) is 11.8 Å². The largest absolute Gasteiger partial charge is 0.393 e. The molecule has 2 aliphatic rings. The van der Waals surface area contributed by atoms with Crippen LogP contribution in [0.15, 0.2) is 0 Å². The summed E-state index contributed by atoms with van der Waals surface area (Å²) in [5.41, 5.74) is 5.39. The summed E-state index contributed by atoms with van der Waals surface area (Å²) in [7, 11) is 0. The minimum Gasteiger partial charge on any atom is -0.393 e. The van der Waals surface area contributed by atoms with E-state index in [-0.39, 0.29) is 17.6 Å². The third-order valence-electron chi connectivity index (χ3n) is 3.84. The van der Waals surface area contributed by atoms with Crippen LogP contribution in [-0.2, 0) is 9.53 Å². The molecule has 17 heavy (non-hydrogen) atoms. The van der Waals surface area contributed by atoms with E-state index in [4.69, 9.17) is 10.5 Å². The van der Waals surface area contributed by atoms with Gasteiger partial charge in [0.25, 0.3) is 0 Å². The van der Waals surface area contributed by atoms with E-state index in [9.17, 15) is 9.90 Å². The molecule has 0 unspecified atom stereocenters. The van der Waals surface area contributed by atoms with Gasteiger partial charge in [0.05, 0.1) is 17.7 Å². The van der Waals surface area contributed by atoms with Gasteiger partial charge in [0.15, 0.2) is 0 Å². The summed E-state index contributed by atoms with van der Waals surface area (Å²) in [4.78, 5) is 13.5. The molecule has 0 aliphatic carbocycles. The van der Waals surface area contributed by atoms with Gasteiger partial charge in [-0.15, -0.1) is 0 Å². The lowest BCUT2D eigenvalue weighted by Gasteiger charge is -2.45. The molecular weight excluding hydrogens is 220 g/mol. The molecule has 2 saturated heterocycles. The van der Waals surface area contributed by atoms with Crippen molar-refractivity contribution in [2.24, 2.45) is 5.73 Å². The maximum atomic E-state index is 11.7. The van der Waals surface area contributed by atoms with E-state index >= 15 is 0 Å². The third kappa shape index (κ3) is 2.78. The molecule has 0 aromatic carbocycles. The highest BCUT2D eigenvalue weighted by Gasteiger charge is 2.40. The fourth-order valence-corrected chi connectivity index (χ4v) is 2.77. The Morgan fingerprint density at radius 1 is 1.53 bits per heavy atom. The minimum atomic E-state index is -0.429. The summed E-state index contributed by atoms with van der Waals surface area (Å²) in [5.74, 6) is 0.0104. The summed E-state index contributed by atoms with van der Waals surface area (Å²) in [5, 5.41) is 9.71. The number of amides is 1. The maximum absolute atomic E-state index is 11.7. The molecule has 0 radical (unpaired) electrons. The van der Waals surface area contributed by atoms with E-state index < -0.39 is 6.04 Å². The van der Waals surface area contributed by atoms with Crippen LogP contribution < -0.4 is 5.73 Å². The number of aliphatic hydroxyl groups is 1. The number of carbonyl (C=O) groups excluding carboxylic acids is 1. The first kappa shape index (κ1) is 12.8. The molecule has 5 heteroatoms. The Morgan fingerprint density at radius 3 is 2.71 bits per heavy atom. The highest BCUT2D eigenvalue weighted by atomic mass is 16.5. The van der Waals surface area contributed by atoms with Gasteiger partial charge in [0, 0.05) is 26.1 Å². The summed E-state index contributed by atoms with van der Waals surface area (Å²) in [6, 6.07) is -0.429. The Hall–Kier alpha value is -0.650. The molecular formula is C12H22N2O3. The number of hydrogen-bond donors (Lipinski definition) is 2. The lowest BCUT2D eigenvalue weighted by molar-refractivity contribution is -0.154. The summed E-state index contributed by atoms with van der Waals surface area (Å²) in [6.07, 6.45) is 2.79. The fourth-order valence-electron chi connectivity index (χ4n) is 2.77. The van der Waals surface area contributed by atoms with Crippen LogP contribution in [0.4, 0.5) is 0 Å². The highest BCUT2D eigenvalue weighted by Crippen LogP contribution is 2.35. The molecule has 0 aromatic rings. The zero-order valence-electron chi connectivity index (χ0n) is 10.4. The number of aliphatic hydroxyl groups excluding tert-OH is 1. The first-order valence-electron chi connectivity index (χ1n) is 6.39. The van der Waals surface area contributed by atoms with Crippen molar-refractivity contribution in [1.82, 2.24) is 4.90 Å². The van der Waals surface area contributed by atoms with Crippen LogP contribution in [0.3, 0.4) is 0 Å². The van der Waals surface area contributed by atoms with Crippen molar-refractivity contribution in [2.75, 3.05) is 19.7 Å². The van der Waals surface area contributed by atoms with Crippen LogP contribution in [0.25, 0.3) is 0 Å². The Labute approximate surface area is 102 Å². The van der Waals surface area contributed by atoms with Gasteiger partial charge in [0.2, 0.25) is 5.91 Å². The zero-order chi connectivity index (χ0) is 12.5. The van der Waals surface area contributed by atoms with Crippen LogP contribution in [0.5, 0.6) is 0 Å². The predicted octanol–water partition coefficient (Wildman–Crippen LogP) is -0.134. The van der Waals surface area contributed by atoms with E-state index in [1.165, 1.54) is 0 Å². The molecule has 3 N–H and O–H groups in total. The predicted molar refractivity (Wildman–Crippen MR) is 63.4 cm³/mol. The first-order chi connectivity index (χ1) is 8.02. The molecule has 98 valence electrons. The third-order valence-corrected chi connectivity index (χ3v) is 3.84. The number of nitrogens with zero attached hydrogens (tertiary/aromatic N) is 1. The summed E-state index contributed by atoms with van der Waals surface area (Å²) < 4.78 is 5.84. The van der Waals surface area contributed by atoms with Crippen molar-refractivity contribution in [3.05, 3.63) is 0 Å². The van der Waals surface area contributed by atoms with Gasteiger partial charge in [-0.25, -0.2) is 0 Å². The van der Waals surface area contributed by atoms with Crippen molar-refractivity contribution in [2.45, 2.75) is 50.4 Å². The number of piperidine rings is 1. The molecule has 2 aliphatic heterocycles. The molecule has 2 fully saturated rings. The van der Waals surface area contributed by atoms with Crippen molar-refractivity contribution >= 4 is 5.91 Å². The van der Waals surface area contributed by atoms with Gasteiger partial charge < -0.3 is 20.5 Å². The number of ether oxygens (including phenoxy) is 1. The topological polar surface area (TPSA) is 75.8 Å². The second-order valence-electron chi connectivity index (χ2n) is 5.29. The molecule has 2 atom stereocenters. The average Bonchev–Trinajstić information content (AvgIpc) is 2.29. The second-order valence-corrected chi connectivity index (χ2v) is 5.29. The van der Waals surface area contributed by atoms with Gasteiger partial charge >= 0.3 is 0 Å². The second kappa shape index (κ2) is 4.92. The number of carbonyl (C=O) groups is 1. The van der Waals surface area contributed by atoms with E-state index in [0.29, 0.717) is 26.1 Å². The molecule has 0 saturated carbocycles. The van der Waals surface area contributed by atoms with E-state index in [1.807, 2.05) is 0 Å². The molecule has 1 spiro atoms. The van der Waals surface area contributed by atoms with Crippen LogP contribution in [0, 0.1) is 0 Å². The Kier molecular flexibility index (Phi) is 3.70. The Bertz CT molecular complexity index is 285. The van der Waals surface area contributed by atoms with Gasteiger partial charge in [-0.05, 0) is 26.2 Å². The highest BCUT2D eigenvalue weighted by molar-refractivity contribution is 5.81. The fraction of sp³-hybridized carbons (Fsp3) is 0.917. The van der Waals surface area contributed by atoms with E-state index in [2.05, 4.69) is 0 Å². The van der Waals surface area contributed by atoms with Gasteiger partial charge in [0.1, 0.15) is 0 Å². The quantitative estimate of drug-likeness (QED) is 0.671. The monoisotopic (exact) mass is 242 g/mol. The maximum Gasteiger partial charge on any atom is 0.239 e. The van der Waals surface area contributed by atoms with Gasteiger partial charge in [-0.2, -0.15) is 0 Å². The lowest BCUT2D eigenvalue weighted by atomic mass is 9.83. The molecule has 0 bridgehead atoms. The first-order valence-corrected chi connectivity index (χ1v) is 6.39. The Morgan fingerprint density at radius 2 is 2.18 bits per heavy atom.